The molecule has 106 valence electrons. The van der Waals surface area contributed by atoms with Crippen molar-refractivity contribution in [2.45, 2.75) is 19.8 Å². The molecule has 0 atom stereocenters. The van der Waals surface area contributed by atoms with Crippen molar-refractivity contribution >= 4 is 5.82 Å². The van der Waals surface area contributed by atoms with Crippen LogP contribution in [0.3, 0.4) is 0 Å². The van der Waals surface area contributed by atoms with Crippen LogP contribution in [-0.4, -0.2) is 24.2 Å². The third-order valence-electron chi connectivity index (χ3n) is 3.02. The van der Waals surface area contributed by atoms with E-state index in [9.17, 15) is 0 Å². The Hall–Kier alpha value is -2.30. The number of ether oxygens (including phenoxy) is 2. The lowest BCUT2D eigenvalue weighted by Crippen LogP contribution is -2.04. The highest BCUT2D eigenvalue weighted by atomic mass is 16.5. The van der Waals surface area contributed by atoms with Gasteiger partial charge in [-0.25, -0.2) is 9.97 Å². The van der Waals surface area contributed by atoms with Crippen molar-refractivity contribution in [3.63, 3.8) is 0 Å². The fourth-order valence-electron chi connectivity index (χ4n) is 2.01. The van der Waals surface area contributed by atoms with Gasteiger partial charge in [-0.1, -0.05) is 13.0 Å². The minimum Gasteiger partial charge on any atom is -0.493 e. The van der Waals surface area contributed by atoms with Crippen LogP contribution in [0.1, 0.15) is 24.0 Å². The standard InChI is InChI=1S/C15H19N3O2/c1-4-11-9-14(16)18-15(17-11)8-10-5-6-12(19-2)13(7-10)20-3/h5-7,9H,4,8H2,1-3H3,(H2,16,17,18). The molecule has 5 heteroatoms. The largest absolute Gasteiger partial charge is 0.493 e. The first-order chi connectivity index (χ1) is 9.66. The predicted molar refractivity (Wildman–Crippen MR) is 78.2 cm³/mol. The summed E-state index contributed by atoms with van der Waals surface area (Å²) in [5, 5.41) is 0. The van der Waals surface area contributed by atoms with Gasteiger partial charge >= 0.3 is 0 Å². The van der Waals surface area contributed by atoms with Gasteiger partial charge in [0.15, 0.2) is 11.5 Å². The molecule has 0 aliphatic carbocycles. The van der Waals surface area contributed by atoms with Crippen LogP contribution < -0.4 is 15.2 Å². The van der Waals surface area contributed by atoms with Gasteiger partial charge < -0.3 is 15.2 Å². The second kappa shape index (κ2) is 6.23. The number of anilines is 1. The van der Waals surface area contributed by atoms with Gasteiger partial charge in [-0.15, -0.1) is 0 Å². The molecule has 1 heterocycles. The van der Waals surface area contributed by atoms with E-state index < -0.39 is 0 Å². The molecule has 0 aliphatic heterocycles. The minimum absolute atomic E-state index is 0.507. The van der Waals surface area contributed by atoms with E-state index in [0.717, 1.165) is 17.7 Å². The molecule has 1 aromatic heterocycles. The molecule has 2 aromatic rings. The van der Waals surface area contributed by atoms with Crippen LogP contribution in [0, 0.1) is 0 Å². The van der Waals surface area contributed by atoms with Crippen molar-refractivity contribution in [1.82, 2.24) is 9.97 Å². The van der Waals surface area contributed by atoms with Gasteiger partial charge in [-0.3, -0.25) is 0 Å². The number of nitrogen functional groups attached to an aromatic ring is 1. The molecule has 1 aromatic carbocycles. The van der Waals surface area contributed by atoms with Gasteiger partial charge in [-0.05, 0) is 24.1 Å². The van der Waals surface area contributed by atoms with E-state index in [1.165, 1.54) is 0 Å². The number of aryl methyl sites for hydroxylation is 1. The molecule has 0 amide bonds. The van der Waals surface area contributed by atoms with E-state index in [1.807, 2.05) is 25.1 Å². The van der Waals surface area contributed by atoms with Crippen LogP contribution >= 0.6 is 0 Å². The highest BCUT2D eigenvalue weighted by Crippen LogP contribution is 2.28. The van der Waals surface area contributed by atoms with Gasteiger partial charge in [0.2, 0.25) is 0 Å². The molecule has 0 saturated heterocycles. The number of nitrogens with zero attached hydrogens (tertiary/aromatic N) is 2. The zero-order valence-electron chi connectivity index (χ0n) is 12.0. The average Bonchev–Trinajstić information content (AvgIpc) is 2.46. The summed E-state index contributed by atoms with van der Waals surface area (Å²) in [5.74, 6) is 2.63. The lowest BCUT2D eigenvalue weighted by molar-refractivity contribution is 0.354. The summed E-state index contributed by atoms with van der Waals surface area (Å²) in [6.45, 7) is 2.04. The number of benzene rings is 1. The zero-order valence-corrected chi connectivity index (χ0v) is 12.0. The number of hydrogen-bond donors (Lipinski definition) is 1. The fourth-order valence-corrected chi connectivity index (χ4v) is 2.01. The Morgan fingerprint density at radius 1 is 1.05 bits per heavy atom. The smallest absolute Gasteiger partial charge is 0.161 e. The quantitative estimate of drug-likeness (QED) is 0.904. The molecule has 0 fully saturated rings. The van der Waals surface area contributed by atoms with Crippen molar-refractivity contribution in [2.24, 2.45) is 0 Å². The second-order valence-electron chi connectivity index (χ2n) is 4.42. The molecule has 0 unspecified atom stereocenters. The van der Waals surface area contributed by atoms with Crippen LogP contribution in [0.2, 0.25) is 0 Å². The van der Waals surface area contributed by atoms with E-state index in [4.69, 9.17) is 15.2 Å². The van der Waals surface area contributed by atoms with E-state index in [1.54, 1.807) is 20.3 Å². The summed E-state index contributed by atoms with van der Waals surface area (Å²) in [6, 6.07) is 7.58. The monoisotopic (exact) mass is 273 g/mol. The maximum atomic E-state index is 5.79. The van der Waals surface area contributed by atoms with Crippen molar-refractivity contribution in [3.8, 4) is 11.5 Å². The summed E-state index contributed by atoms with van der Waals surface area (Å²) < 4.78 is 10.5. The number of aromatic nitrogens is 2. The zero-order chi connectivity index (χ0) is 14.5. The SMILES string of the molecule is CCc1cc(N)nc(Cc2ccc(OC)c(OC)c2)n1. The molecule has 0 bridgehead atoms. The van der Waals surface area contributed by atoms with Gasteiger partial charge in [0, 0.05) is 18.2 Å². The summed E-state index contributed by atoms with van der Waals surface area (Å²) in [6.07, 6.45) is 1.45. The van der Waals surface area contributed by atoms with Crippen molar-refractivity contribution in [1.29, 1.82) is 0 Å². The average molecular weight is 273 g/mol. The van der Waals surface area contributed by atoms with Crippen molar-refractivity contribution in [3.05, 3.63) is 41.3 Å². The highest BCUT2D eigenvalue weighted by molar-refractivity contribution is 5.43. The number of nitrogens with two attached hydrogens (primary N) is 1. The van der Waals surface area contributed by atoms with Crippen LogP contribution in [0.25, 0.3) is 0 Å². The number of methoxy groups -OCH3 is 2. The van der Waals surface area contributed by atoms with E-state index in [2.05, 4.69) is 9.97 Å². The Kier molecular flexibility index (Phi) is 4.40. The molecule has 0 aliphatic rings. The predicted octanol–water partition coefficient (Wildman–Crippen LogP) is 2.23. The first kappa shape index (κ1) is 14.1. The molecule has 5 nitrogen and oxygen atoms in total. The van der Waals surface area contributed by atoms with Crippen molar-refractivity contribution < 1.29 is 9.47 Å². The highest BCUT2D eigenvalue weighted by Gasteiger charge is 2.07. The molecule has 2 N–H and O–H groups in total. The van der Waals surface area contributed by atoms with Gasteiger partial charge in [0.25, 0.3) is 0 Å². The maximum Gasteiger partial charge on any atom is 0.161 e. The molecule has 20 heavy (non-hydrogen) atoms. The Labute approximate surface area is 118 Å². The molecular weight excluding hydrogens is 254 g/mol. The van der Waals surface area contributed by atoms with Crippen LogP contribution in [-0.2, 0) is 12.8 Å². The van der Waals surface area contributed by atoms with Crippen LogP contribution in [0.4, 0.5) is 5.82 Å². The maximum absolute atomic E-state index is 5.79. The van der Waals surface area contributed by atoms with Crippen LogP contribution in [0.5, 0.6) is 11.5 Å². The molecule has 0 spiro atoms. The minimum atomic E-state index is 0.507. The normalized spacial score (nSPS) is 10.3. The molecule has 2 rings (SSSR count). The number of rotatable bonds is 5. The molecule has 0 saturated carbocycles. The van der Waals surface area contributed by atoms with Gasteiger partial charge in [0.1, 0.15) is 11.6 Å². The third-order valence-corrected chi connectivity index (χ3v) is 3.02. The Morgan fingerprint density at radius 2 is 1.80 bits per heavy atom. The molecule has 0 radical (unpaired) electrons. The topological polar surface area (TPSA) is 70.3 Å². The number of hydrogen-bond acceptors (Lipinski definition) is 5. The fraction of sp³-hybridized carbons (Fsp3) is 0.333. The lowest BCUT2D eigenvalue weighted by atomic mass is 10.1. The van der Waals surface area contributed by atoms with E-state index in [0.29, 0.717) is 29.6 Å². The second-order valence-corrected chi connectivity index (χ2v) is 4.42. The van der Waals surface area contributed by atoms with Gasteiger partial charge in [-0.2, -0.15) is 0 Å². The van der Waals surface area contributed by atoms with E-state index in [-0.39, 0.29) is 0 Å². The Balaban J connectivity index is 2.27. The Bertz CT molecular complexity index is 600. The molecular formula is C15H19N3O2. The van der Waals surface area contributed by atoms with E-state index >= 15 is 0 Å². The van der Waals surface area contributed by atoms with Crippen LogP contribution in [0.15, 0.2) is 24.3 Å². The summed E-state index contributed by atoms with van der Waals surface area (Å²) >= 11 is 0. The summed E-state index contributed by atoms with van der Waals surface area (Å²) in [7, 11) is 3.24. The first-order valence-corrected chi connectivity index (χ1v) is 6.49. The van der Waals surface area contributed by atoms with Crippen molar-refractivity contribution in [2.75, 3.05) is 20.0 Å². The van der Waals surface area contributed by atoms with Gasteiger partial charge in [0.05, 0.1) is 14.2 Å². The first-order valence-electron chi connectivity index (χ1n) is 6.49. The summed E-state index contributed by atoms with van der Waals surface area (Å²) in [5.41, 5.74) is 7.80. The third kappa shape index (κ3) is 3.17. The lowest BCUT2D eigenvalue weighted by Gasteiger charge is -2.09. The summed E-state index contributed by atoms with van der Waals surface area (Å²) in [4.78, 5) is 8.75. The Morgan fingerprint density at radius 3 is 2.45 bits per heavy atom.